The lowest BCUT2D eigenvalue weighted by atomic mass is 10.1. The van der Waals surface area contributed by atoms with Crippen LogP contribution in [0.5, 0.6) is 0 Å². The maximum absolute atomic E-state index is 11.4. The normalized spacial score (nSPS) is 10.5. The molecule has 0 aromatic heterocycles. The van der Waals surface area contributed by atoms with Crippen molar-refractivity contribution in [2.24, 2.45) is 4.99 Å². The van der Waals surface area contributed by atoms with Gasteiger partial charge in [-0.15, -0.1) is 0 Å². The second kappa shape index (κ2) is 5.25. The summed E-state index contributed by atoms with van der Waals surface area (Å²) in [6.45, 7) is 2.75. The quantitative estimate of drug-likeness (QED) is 0.510. The molecule has 0 unspecified atom stereocenters. The number of nitrogens with zero attached hydrogens (tertiary/aromatic N) is 1. The summed E-state index contributed by atoms with van der Waals surface area (Å²) >= 11 is 0. The lowest BCUT2D eigenvalue weighted by Gasteiger charge is -1.92. The fourth-order valence-corrected chi connectivity index (χ4v) is 0.954. The Hall–Kier alpha value is -1.44. The van der Waals surface area contributed by atoms with E-state index in [1.165, 1.54) is 6.21 Å². The van der Waals surface area contributed by atoms with Crippen molar-refractivity contribution in [1.29, 1.82) is 0 Å². The Labute approximate surface area is 78.3 Å². The third kappa shape index (κ3) is 3.20. The van der Waals surface area contributed by atoms with Crippen LogP contribution in [0.15, 0.2) is 35.3 Å². The second-order valence-electron chi connectivity index (χ2n) is 2.77. The largest absolute Gasteiger partial charge is 0.289 e. The maximum atomic E-state index is 11.4. The zero-order valence-corrected chi connectivity index (χ0v) is 7.73. The summed E-state index contributed by atoms with van der Waals surface area (Å²) in [4.78, 5) is 15.4. The number of benzene rings is 1. The number of carbonyl (C=O) groups is 1. The Morgan fingerprint density at radius 2 is 2.08 bits per heavy atom. The first-order chi connectivity index (χ1) is 6.34. The number of carbonyl (C=O) groups excluding carboxylic acids is 1. The number of rotatable bonds is 4. The molecule has 0 atom stereocenters. The summed E-state index contributed by atoms with van der Waals surface area (Å²) in [5.74, 6) is -0.0194. The number of ketones is 1. The van der Waals surface area contributed by atoms with E-state index < -0.39 is 0 Å². The molecule has 0 N–H and O–H groups in total. The van der Waals surface area contributed by atoms with Gasteiger partial charge in [0.15, 0.2) is 0 Å². The zero-order valence-electron chi connectivity index (χ0n) is 7.73. The van der Waals surface area contributed by atoms with Crippen molar-refractivity contribution >= 4 is 12.0 Å². The molecule has 1 rings (SSSR count). The van der Waals surface area contributed by atoms with Crippen molar-refractivity contribution in [3.05, 3.63) is 35.9 Å². The van der Waals surface area contributed by atoms with Gasteiger partial charge in [0.2, 0.25) is 5.78 Å². The molecule has 0 radical (unpaired) electrons. The molecular weight excluding hydrogens is 162 g/mol. The first-order valence-corrected chi connectivity index (χ1v) is 4.44. The van der Waals surface area contributed by atoms with Crippen LogP contribution in [0.2, 0.25) is 0 Å². The van der Waals surface area contributed by atoms with Crippen molar-refractivity contribution in [2.45, 2.75) is 13.3 Å². The molecule has 1 aromatic carbocycles. The van der Waals surface area contributed by atoms with Crippen LogP contribution in [0.4, 0.5) is 0 Å². The zero-order chi connectivity index (χ0) is 9.52. The van der Waals surface area contributed by atoms with Gasteiger partial charge in [0.1, 0.15) is 0 Å². The van der Waals surface area contributed by atoms with Crippen LogP contribution in [0, 0.1) is 0 Å². The summed E-state index contributed by atoms with van der Waals surface area (Å²) in [5.41, 5.74) is 0.697. The fourth-order valence-electron chi connectivity index (χ4n) is 0.954. The summed E-state index contributed by atoms with van der Waals surface area (Å²) in [6.07, 6.45) is 2.37. The lowest BCUT2D eigenvalue weighted by Crippen LogP contribution is -1.99. The molecule has 2 nitrogen and oxygen atoms in total. The molecular formula is C11H13NO. The van der Waals surface area contributed by atoms with Crippen LogP contribution >= 0.6 is 0 Å². The maximum Gasteiger partial charge on any atom is 0.203 e. The van der Waals surface area contributed by atoms with Gasteiger partial charge in [-0.05, 0) is 6.42 Å². The predicted octanol–water partition coefficient (Wildman–Crippen LogP) is 2.35. The fraction of sp³-hybridized carbons (Fsp3) is 0.273. The van der Waals surface area contributed by atoms with E-state index in [4.69, 9.17) is 0 Å². The molecule has 0 spiro atoms. The molecule has 68 valence electrons. The predicted molar refractivity (Wildman–Crippen MR) is 54.4 cm³/mol. The average Bonchev–Trinajstić information content (AvgIpc) is 2.19. The third-order valence-corrected chi connectivity index (χ3v) is 1.62. The number of Topliss-reactive ketones (excluding diaryl/α,β-unsaturated/α-hetero) is 1. The van der Waals surface area contributed by atoms with E-state index in [-0.39, 0.29) is 5.78 Å². The van der Waals surface area contributed by atoms with E-state index in [9.17, 15) is 4.79 Å². The van der Waals surface area contributed by atoms with Crippen LogP contribution in [0.1, 0.15) is 23.7 Å². The molecule has 0 aliphatic rings. The standard InChI is InChI=1S/C11H13NO/c1-2-8-12-9-11(13)10-6-4-3-5-7-10/h3-7,9H,2,8H2,1H3. The third-order valence-electron chi connectivity index (χ3n) is 1.62. The van der Waals surface area contributed by atoms with Gasteiger partial charge in [0.05, 0.1) is 6.21 Å². The number of hydrogen-bond donors (Lipinski definition) is 0. The van der Waals surface area contributed by atoms with Crippen molar-refractivity contribution in [1.82, 2.24) is 0 Å². The first kappa shape index (κ1) is 9.65. The molecule has 13 heavy (non-hydrogen) atoms. The van der Waals surface area contributed by atoms with Crippen molar-refractivity contribution in [3.63, 3.8) is 0 Å². The second-order valence-corrected chi connectivity index (χ2v) is 2.77. The van der Waals surface area contributed by atoms with Crippen LogP contribution in [0.25, 0.3) is 0 Å². The lowest BCUT2D eigenvalue weighted by molar-refractivity contribution is 0.107. The van der Waals surface area contributed by atoms with Crippen LogP contribution in [-0.2, 0) is 0 Å². The van der Waals surface area contributed by atoms with Gasteiger partial charge >= 0.3 is 0 Å². The Bertz CT molecular complexity index is 290. The molecule has 0 bridgehead atoms. The summed E-state index contributed by atoms with van der Waals surface area (Å²) in [5, 5.41) is 0. The van der Waals surface area contributed by atoms with Crippen LogP contribution in [-0.4, -0.2) is 18.5 Å². The van der Waals surface area contributed by atoms with E-state index in [2.05, 4.69) is 4.99 Å². The highest BCUT2D eigenvalue weighted by Gasteiger charge is 1.98. The average molecular weight is 175 g/mol. The molecule has 0 heterocycles. The Morgan fingerprint density at radius 3 is 2.69 bits per heavy atom. The highest BCUT2D eigenvalue weighted by molar-refractivity contribution is 6.35. The number of aliphatic imine (C=N–C) groups is 1. The van der Waals surface area contributed by atoms with Crippen molar-refractivity contribution in [2.75, 3.05) is 6.54 Å². The Kier molecular flexibility index (Phi) is 3.89. The van der Waals surface area contributed by atoms with Gasteiger partial charge in [0.25, 0.3) is 0 Å². The van der Waals surface area contributed by atoms with Gasteiger partial charge in [-0.3, -0.25) is 9.79 Å². The van der Waals surface area contributed by atoms with Gasteiger partial charge in [0, 0.05) is 12.1 Å². The van der Waals surface area contributed by atoms with E-state index >= 15 is 0 Å². The minimum atomic E-state index is -0.0194. The van der Waals surface area contributed by atoms with E-state index in [1.54, 1.807) is 12.1 Å². The Morgan fingerprint density at radius 1 is 1.38 bits per heavy atom. The SMILES string of the molecule is CCCN=CC(=O)c1ccccc1. The molecule has 0 aliphatic carbocycles. The molecule has 0 saturated heterocycles. The molecule has 1 aromatic rings. The summed E-state index contributed by atoms with van der Waals surface area (Å²) in [7, 11) is 0. The van der Waals surface area contributed by atoms with Crippen LogP contribution < -0.4 is 0 Å². The van der Waals surface area contributed by atoms with E-state index in [0.717, 1.165) is 13.0 Å². The highest BCUT2D eigenvalue weighted by Crippen LogP contribution is 1.97. The molecule has 0 fully saturated rings. The molecule has 2 heteroatoms. The first-order valence-electron chi connectivity index (χ1n) is 4.44. The smallest absolute Gasteiger partial charge is 0.203 e. The van der Waals surface area contributed by atoms with Gasteiger partial charge < -0.3 is 0 Å². The van der Waals surface area contributed by atoms with Crippen molar-refractivity contribution in [3.8, 4) is 0 Å². The summed E-state index contributed by atoms with van der Waals surface area (Å²) < 4.78 is 0. The van der Waals surface area contributed by atoms with Gasteiger partial charge in [-0.25, -0.2) is 0 Å². The van der Waals surface area contributed by atoms with E-state index in [0.29, 0.717) is 5.56 Å². The molecule has 0 saturated carbocycles. The molecule has 0 amide bonds. The monoisotopic (exact) mass is 175 g/mol. The van der Waals surface area contributed by atoms with Gasteiger partial charge in [-0.2, -0.15) is 0 Å². The Balaban J connectivity index is 2.59. The minimum Gasteiger partial charge on any atom is -0.289 e. The van der Waals surface area contributed by atoms with E-state index in [1.807, 2.05) is 25.1 Å². The van der Waals surface area contributed by atoms with Gasteiger partial charge in [-0.1, -0.05) is 37.3 Å². The summed E-state index contributed by atoms with van der Waals surface area (Å²) in [6, 6.07) is 9.17. The van der Waals surface area contributed by atoms with Crippen LogP contribution in [0.3, 0.4) is 0 Å². The minimum absolute atomic E-state index is 0.0194. The topological polar surface area (TPSA) is 29.4 Å². The van der Waals surface area contributed by atoms with Crippen molar-refractivity contribution < 1.29 is 4.79 Å². The molecule has 0 aliphatic heterocycles. The highest BCUT2D eigenvalue weighted by atomic mass is 16.1. The number of hydrogen-bond acceptors (Lipinski definition) is 2.